The maximum absolute atomic E-state index is 12.7. The summed E-state index contributed by atoms with van der Waals surface area (Å²) in [5, 5.41) is 10.4. The highest BCUT2D eigenvalue weighted by Gasteiger charge is 2.19. The summed E-state index contributed by atoms with van der Waals surface area (Å²) in [7, 11) is 0. The Bertz CT molecular complexity index is 1320. The molecule has 0 fully saturated rings. The Labute approximate surface area is 192 Å². The molecule has 0 bridgehead atoms. The number of aromatic nitrogens is 3. The fraction of sp³-hybridized carbons (Fsp3) is 0.154. The monoisotopic (exact) mass is 439 g/mol. The van der Waals surface area contributed by atoms with Gasteiger partial charge in [-0.15, -0.1) is 0 Å². The molecule has 2 N–H and O–H groups in total. The van der Waals surface area contributed by atoms with Gasteiger partial charge in [-0.25, -0.2) is 9.67 Å². The molecule has 4 rings (SSSR count). The zero-order valence-corrected chi connectivity index (χ0v) is 19.0. The highest BCUT2D eigenvalue weighted by molar-refractivity contribution is 6.04. The van der Waals surface area contributed by atoms with Gasteiger partial charge in [0.15, 0.2) is 0 Å². The molecule has 2 heterocycles. The predicted molar refractivity (Wildman–Crippen MR) is 130 cm³/mol. The lowest BCUT2D eigenvalue weighted by atomic mass is 10.0. The quantitative estimate of drug-likeness (QED) is 0.454. The number of carbonyl (C=O) groups excluding carboxylic acids is 2. The summed E-state index contributed by atoms with van der Waals surface area (Å²) in [6.45, 7) is 7.30. The zero-order valence-electron chi connectivity index (χ0n) is 19.0. The van der Waals surface area contributed by atoms with Gasteiger partial charge in [0.2, 0.25) is 5.91 Å². The first-order chi connectivity index (χ1) is 15.8. The number of pyridine rings is 1. The van der Waals surface area contributed by atoms with Gasteiger partial charge in [0.1, 0.15) is 11.6 Å². The van der Waals surface area contributed by atoms with Gasteiger partial charge in [-0.1, -0.05) is 35.9 Å². The standard InChI is InChI=1S/C26H25N5O2/c1-16-7-9-20(10-8-16)23-18(3)30-31(25(23)28-19(4)32)22-13-11-21(12-14-22)26(33)29-24-17(2)6-5-15-27-24/h5-15H,1-4H3,(H,28,32)(H,27,29,33). The number of aryl methyl sites for hydroxylation is 3. The van der Waals surface area contributed by atoms with Crippen LogP contribution in [0, 0.1) is 20.8 Å². The number of hydrogen-bond donors (Lipinski definition) is 2. The molecule has 2 amide bonds. The van der Waals surface area contributed by atoms with Crippen LogP contribution < -0.4 is 10.6 Å². The number of nitrogens with zero attached hydrogens (tertiary/aromatic N) is 3. The Kier molecular flexibility index (Phi) is 6.04. The predicted octanol–water partition coefficient (Wildman–Crippen LogP) is 5.07. The number of amides is 2. The molecule has 0 radical (unpaired) electrons. The van der Waals surface area contributed by atoms with Gasteiger partial charge in [-0.3, -0.25) is 9.59 Å². The Balaban J connectivity index is 1.68. The zero-order chi connectivity index (χ0) is 23.5. The van der Waals surface area contributed by atoms with Crippen LogP contribution in [0.5, 0.6) is 0 Å². The fourth-order valence-electron chi connectivity index (χ4n) is 3.61. The third-order valence-corrected chi connectivity index (χ3v) is 5.31. The smallest absolute Gasteiger partial charge is 0.256 e. The van der Waals surface area contributed by atoms with Crippen molar-refractivity contribution in [1.82, 2.24) is 14.8 Å². The highest BCUT2D eigenvalue weighted by atomic mass is 16.2. The van der Waals surface area contributed by atoms with Crippen molar-refractivity contribution in [1.29, 1.82) is 0 Å². The van der Waals surface area contributed by atoms with E-state index in [-0.39, 0.29) is 11.8 Å². The first-order valence-electron chi connectivity index (χ1n) is 10.6. The number of carbonyl (C=O) groups is 2. The van der Waals surface area contributed by atoms with Crippen molar-refractivity contribution < 1.29 is 9.59 Å². The molecular formula is C26H25N5O2. The average Bonchev–Trinajstić information content (AvgIpc) is 3.11. The molecule has 7 heteroatoms. The number of benzene rings is 2. The summed E-state index contributed by atoms with van der Waals surface area (Å²) in [4.78, 5) is 28.9. The Morgan fingerprint density at radius 3 is 2.21 bits per heavy atom. The minimum absolute atomic E-state index is 0.189. The molecule has 0 unspecified atom stereocenters. The summed E-state index contributed by atoms with van der Waals surface area (Å²) in [5.74, 6) is 0.684. The van der Waals surface area contributed by atoms with Crippen molar-refractivity contribution in [3.05, 3.63) is 89.2 Å². The van der Waals surface area contributed by atoms with Crippen LogP contribution in [-0.2, 0) is 4.79 Å². The minimum atomic E-state index is -0.248. The van der Waals surface area contributed by atoms with Gasteiger partial charge in [0.25, 0.3) is 5.91 Å². The van der Waals surface area contributed by atoms with Gasteiger partial charge in [-0.2, -0.15) is 5.10 Å². The molecule has 0 aliphatic heterocycles. The number of hydrogen-bond acceptors (Lipinski definition) is 4. The largest absolute Gasteiger partial charge is 0.310 e. The van der Waals surface area contributed by atoms with Gasteiger partial charge >= 0.3 is 0 Å². The van der Waals surface area contributed by atoms with E-state index in [9.17, 15) is 9.59 Å². The first-order valence-corrected chi connectivity index (χ1v) is 10.6. The van der Waals surface area contributed by atoms with Crippen molar-refractivity contribution in [3.8, 4) is 16.8 Å². The Morgan fingerprint density at radius 1 is 0.879 bits per heavy atom. The maximum atomic E-state index is 12.7. The van der Waals surface area contributed by atoms with Crippen molar-refractivity contribution >= 4 is 23.5 Å². The molecule has 4 aromatic rings. The van der Waals surface area contributed by atoms with Crippen LogP contribution in [0.15, 0.2) is 66.9 Å². The Morgan fingerprint density at radius 2 is 1.58 bits per heavy atom. The van der Waals surface area contributed by atoms with Crippen molar-refractivity contribution in [3.63, 3.8) is 0 Å². The minimum Gasteiger partial charge on any atom is -0.310 e. The van der Waals surface area contributed by atoms with Gasteiger partial charge in [0.05, 0.1) is 11.4 Å². The first kappa shape index (κ1) is 22.0. The lowest BCUT2D eigenvalue weighted by molar-refractivity contribution is -0.114. The fourth-order valence-corrected chi connectivity index (χ4v) is 3.61. The van der Waals surface area contributed by atoms with Crippen LogP contribution in [0.2, 0.25) is 0 Å². The van der Waals surface area contributed by atoms with Gasteiger partial charge in [-0.05, 0) is 62.2 Å². The van der Waals surface area contributed by atoms with E-state index in [0.717, 1.165) is 33.6 Å². The second kappa shape index (κ2) is 9.08. The highest BCUT2D eigenvalue weighted by Crippen LogP contribution is 2.33. The van der Waals surface area contributed by atoms with E-state index in [0.29, 0.717) is 17.2 Å². The molecule has 7 nitrogen and oxygen atoms in total. The third kappa shape index (κ3) is 4.67. The van der Waals surface area contributed by atoms with Crippen molar-refractivity contribution in [2.75, 3.05) is 10.6 Å². The van der Waals surface area contributed by atoms with E-state index >= 15 is 0 Å². The molecule has 0 aliphatic rings. The SMILES string of the molecule is CC(=O)Nc1c(-c2ccc(C)cc2)c(C)nn1-c1ccc(C(=O)Nc2ncccc2C)cc1. The lowest BCUT2D eigenvalue weighted by Gasteiger charge is -2.11. The molecule has 33 heavy (non-hydrogen) atoms. The van der Waals surface area contributed by atoms with Crippen LogP contribution in [0.1, 0.15) is 34.1 Å². The molecule has 2 aromatic carbocycles. The summed E-state index contributed by atoms with van der Waals surface area (Å²) in [5.41, 5.74) is 5.87. The Hall–Kier alpha value is -4.26. The summed E-state index contributed by atoms with van der Waals surface area (Å²) in [6.07, 6.45) is 1.64. The van der Waals surface area contributed by atoms with Crippen molar-refractivity contribution in [2.45, 2.75) is 27.7 Å². The van der Waals surface area contributed by atoms with Crippen LogP contribution >= 0.6 is 0 Å². The molecule has 0 saturated heterocycles. The van der Waals surface area contributed by atoms with Gasteiger partial charge < -0.3 is 10.6 Å². The maximum Gasteiger partial charge on any atom is 0.256 e. The topological polar surface area (TPSA) is 88.9 Å². The van der Waals surface area contributed by atoms with Crippen LogP contribution in [0.25, 0.3) is 16.8 Å². The van der Waals surface area contributed by atoms with E-state index in [1.807, 2.05) is 57.2 Å². The van der Waals surface area contributed by atoms with Crippen LogP contribution in [0.3, 0.4) is 0 Å². The summed E-state index contributed by atoms with van der Waals surface area (Å²) in [6, 6.07) is 18.9. The molecule has 0 atom stereocenters. The number of nitrogens with one attached hydrogen (secondary N) is 2. The van der Waals surface area contributed by atoms with Crippen LogP contribution in [-0.4, -0.2) is 26.6 Å². The number of rotatable bonds is 5. The van der Waals surface area contributed by atoms with Crippen molar-refractivity contribution in [2.24, 2.45) is 0 Å². The van der Waals surface area contributed by atoms with E-state index in [1.54, 1.807) is 35.1 Å². The molecule has 166 valence electrons. The summed E-state index contributed by atoms with van der Waals surface area (Å²) >= 11 is 0. The number of anilines is 2. The summed E-state index contributed by atoms with van der Waals surface area (Å²) < 4.78 is 1.69. The van der Waals surface area contributed by atoms with Crippen LogP contribution in [0.4, 0.5) is 11.6 Å². The van der Waals surface area contributed by atoms with E-state index in [1.165, 1.54) is 6.92 Å². The molecular weight excluding hydrogens is 414 g/mol. The molecule has 0 aliphatic carbocycles. The average molecular weight is 440 g/mol. The van der Waals surface area contributed by atoms with E-state index in [4.69, 9.17) is 0 Å². The van der Waals surface area contributed by atoms with Gasteiger partial charge in [0, 0.05) is 24.2 Å². The second-order valence-electron chi connectivity index (χ2n) is 7.94. The lowest BCUT2D eigenvalue weighted by Crippen LogP contribution is -2.14. The molecule has 2 aromatic heterocycles. The molecule has 0 saturated carbocycles. The third-order valence-electron chi connectivity index (χ3n) is 5.31. The van der Waals surface area contributed by atoms with E-state index < -0.39 is 0 Å². The normalized spacial score (nSPS) is 10.7. The second-order valence-corrected chi connectivity index (χ2v) is 7.94. The molecule has 0 spiro atoms. The van der Waals surface area contributed by atoms with E-state index in [2.05, 4.69) is 20.7 Å².